The number of nitrogens with zero attached hydrogens (tertiary/aromatic N) is 1. The second kappa shape index (κ2) is 5.79. The number of halogens is 1. The fourth-order valence-corrected chi connectivity index (χ4v) is 1.94. The Balaban J connectivity index is 2.19. The van der Waals surface area contributed by atoms with Crippen molar-refractivity contribution in [3.05, 3.63) is 46.9 Å². The average Bonchev–Trinajstić information content (AvgIpc) is 2.88. The summed E-state index contributed by atoms with van der Waals surface area (Å²) in [4.78, 5) is 15.6. The number of amides is 1. The zero-order valence-corrected chi connectivity index (χ0v) is 13.2. The molecule has 0 aliphatic rings. The van der Waals surface area contributed by atoms with Crippen molar-refractivity contribution in [2.24, 2.45) is 5.73 Å². The Kier molecular flexibility index (Phi) is 4.21. The number of carbonyl (C=O) groups is 1. The molecule has 1 amide bonds. The van der Waals surface area contributed by atoms with Crippen LogP contribution in [0.4, 0.5) is 10.1 Å². The maximum atomic E-state index is 13.6. The van der Waals surface area contributed by atoms with Crippen molar-refractivity contribution < 1.29 is 13.6 Å². The van der Waals surface area contributed by atoms with Crippen LogP contribution in [0.25, 0.3) is 0 Å². The summed E-state index contributed by atoms with van der Waals surface area (Å²) < 4.78 is 19.2. The number of nitrogens with one attached hydrogen (secondary N) is 1. The highest BCUT2D eigenvalue weighted by molar-refractivity contribution is 5.98. The van der Waals surface area contributed by atoms with E-state index >= 15 is 0 Å². The van der Waals surface area contributed by atoms with Crippen molar-refractivity contribution in [3.63, 3.8) is 0 Å². The Labute approximate surface area is 128 Å². The van der Waals surface area contributed by atoms with E-state index in [1.165, 1.54) is 0 Å². The Morgan fingerprint density at radius 2 is 2.09 bits per heavy atom. The third-order valence-electron chi connectivity index (χ3n) is 3.29. The number of nitrogens with two attached hydrogens (primary N) is 1. The lowest BCUT2D eigenvalue weighted by molar-refractivity contribution is 0.100. The molecular weight excluding hydrogens is 285 g/mol. The van der Waals surface area contributed by atoms with Gasteiger partial charge in [-0.05, 0) is 24.6 Å². The molecule has 0 fully saturated rings. The van der Waals surface area contributed by atoms with Gasteiger partial charge in [-0.1, -0.05) is 20.8 Å². The number of rotatable bonds is 4. The van der Waals surface area contributed by atoms with Crippen molar-refractivity contribution in [2.45, 2.75) is 39.7 Å². The smallest absolute Gasteiger partial charge is 0.250 e. The molecule has 0 spiro atoms. The van der Waals surface area contributed by atoms with Crippen LogP contribution in [0.3, 0.4) is 0 Å². The molecule has 1 heterocycles. The maximum absolute atomic E-state index is 13.6. The van der Waals surface area contributed by atoms with E-state index in [0.29, 0.717) is 17.1 Å². The molecule has 2 rings (SSSR count). The van der Waals surface area contributed by atoms with Gasteiger partial charge in [0.05, 0.1) is 18.3 Å². The first-order valence-electron chi connectivity index (χ1n) is 6.97. The van der Waals surface area contributed by atoms with E-state index in [1.54, 1.807) is 19.2 Å². The maximum Gasteiger partial charge on any atom is 0.250 e. The quantitative estimate of drug-likeness (QED) is 0.909. The van der Waals surface area contributed by atoms with Crippen LogP contribution in [-0.4, -0.2) is 10.9 Å². The molecule has 2 aromatic rings. The minimum absolute atomic E-state index is 0.103. The second-order valence-corrected chi connectivity index (χ2v) is 6.23. The third kappa shape index (κ3) is 3.44. The number of aryl methyl sites for hydroxylation is 1. The van der Waals surface area contributed by atoms with E-state index < -0.39 is 11.7 Å². The SMILES string of the molecule is Cc1cc(NCc2ncc(C(C)(C)C)o2)c(C(N)=O)cc1F. The molecule has 22 heavy (non-hydrogen) atoms. The number of primary amides is 1. The van der Waals surface area contributed by atoms with E-state index in [0.717, 1.165) is 11.8 Å². The monoisotopic (exact) mass is 305 g/mol. The Morgan fingerprint density at radius 3 is 2.64 bits per heavy atom. The number of oxazole rings is 1. The van der Waals surface area contributed by atoms with Gasteiger partial charge in [-0.25, -0.2) is 9.37 Å². The molecule has 1 aromatic heterocycles. The van der Waals surface area contributed by atoms with Crippen LogP contribution in [0.5, 0.6) is 0 Å². The Bertz CT molecular complexity index is 702. The van der Waals surface area contributed by atoms with E-state index in [2.05, 4.69) is 10.3 Å². The van der Waals surface area contributed by atoms with Crippen LogP contribution < -0.4 is 11.1 Å². The number of hydrogen-bond acceptors (Lipinski definition) is 4. The van der Waals surface area contributed by atoms with E-state index in [9.17, 15) is 9.18 Å². The van der Waals surface area contributed by atoms with Crippen LogP contribution in [0.2, 0.25) is 0 Å². The number of benzene rings is 1. The molecule has 0 aliphatic carbocycles. The van der Waals surface area contributed by atoms with E-state index in [4.69, 9.17) is 10.2 Å². The molecule has 0 radical (unpaired) electrons. The highest BCUT2D eigenvalue weighted by Crippen LogP contribution is 2.24. The minimum Gasteiger partial charge on any atom is -0.443 e. The van der Waals surface area contributed by atoms with Gasteiger partial charge in [0, 0.05) is 11.1 Å². The molecule has 0 aliphatic heterocycles. The lowest BCUT2D eigenvalue weighted by atomic mass is 9.94. The summed E-state index contributed by atoms with van der Waals surface area (Å²) in [6.45, 7) is 7.98. The van der Waals surface area contributed by atoms with Gasteiger partial charge < -0.3 is 15.5 Å². The number of carbonyl (C=O) groups excluding carboxylic acids is 1. The first-order chi connectivity index (χ1) is 10.2. The van der Waals surface area contributed by atoms with Gasteiger partial charge in [-0.3, -0.25) is 4.79 Å². The first kappa shape index (κ1) is 16.0. The van der Waals surface area contributed by atoms with Crippen molar-refractivity contribution >= 4 is 11.6 Å². The largest absolute Gasteiger partial charge is 0.443 e. The predicted octanol–water partition coefficient (Wildman–Crippen LogP) is 3.13. The summed E-state index contributed by atoms with van der Waals surface area (Å²) in [7, 11) is 0. The lowest BCUT2D eigenvalue weighted by Gasteiger charge is -2.13. The fraction of sp³-hybridized carbons (Fsp3) is 0.375. The van der Waals surface area contributed by atoms with Gasteiger partial charge in [-0.2, -0.15) is 0 Å². The van der Waals surface area contributed by atoms with Crippen LogP contribution in [0, 0.1) is 12.7 Å². The molecular formula is C16H20FN3O2. The Hall–Kier alpha value is -2.37. The molecule has 0 bridgehead atoms. The normalized spacial score (nSPS) is 11.5. The molecule has 0 unspecified atom stereocenters. The minimum atomic E-state index is -0.691. The van der Waals surface area contributed by atoms with Gasteiger partial charge in [-0.15, -0.1) is 0 Å². The van der Waals surface area contributed by atoms with Gasteiger partial charge in [0.1, 0.15) is 11.6 Å². The Morgan fingerprint density at radius 1 is 1.41 bits per heavy atom. The topological polar surface area (TPSA) is 81.2 Å². The molecule has 0 atom stereocenters. The van der Waals surface area contributed by atoms with Gasteiger partial charge in [0.2, 0.25) is 5.89 Å². The second-order valence-electron chi connectivity index (χ2n) is 6.23. The lowest BCUT2D eigenvalue weighted by Crippen LogP contribution is -2.15. The summed E-state index contributed by atoms with van der Waals surface area (Å²) in [5.41, 5.74) is 6.14. The highest BCUT2D eigenvalue weighted by Gasteiger charge is 2.19. The van der Waals surface area contributed by atoms with Crippen molar-refractivity contribution in [3.8, 4) is 0 Å². The van der Waals surface area contributed by atoms with E-state index in [-0.39, 0.29) is 17.5 Å². The zero-order chi connectivity index (χ0) is 16.5. The van der Waals surface area contributed by atoms with Crippen LogP contribution in [-0.2, 0) is 12.0 Å². The number of aromatic nitrogens is 1. The number of anilines is 1. The third-order valence-corrected chi connectivity index (χ3v) is 3.29. The summed E-state index contributed by atoms with van der Waals surface area (Å²) >= 11 is 0. The highest BCUT2D eigenvalue weighted by atomic mass is 19.1. The number of hydrogen-bond donors (Lipinski definition) is 2. The summed E-state index contributed by atoms with van der Waals surface area (Å²) in [5, 5.41) is 3.02. The summed E-state index contributed by atoms with van der Waals surface area (Å²) in [6, 6.07) is 2.68. The first-order valence-corrected chi connectivity index (χ1v) is 6.97. The summed E-state index contributed by atoms with van der Waals surface area (Å²) in [5.74, 6) is 0.103. The molecule has 0 saturated heterocycles. The van der Waals surface area contributed by atoms with Gasteiger partial charge in [0.15, 0.2) is 0 Å². The van der Waals surface area contributed by atoms with Crippen LogP contribution in [0.15, 0.2) is 22.7 Å². The van der Waals surface area contributed by atoms with Crippen LogP contribution >= 0.6 is 0 Å². The molecule has 118 valence electrons. The van der Waals surface area contributed by atoms with Crippen LogP contribution in [0.1, 0.15) is 48.3 Å². The molecule has 0 saturated carbocycles. The molecule has 5 nitrogen and oxygen atoms in total. The standard InChI is InChI=1S/C16H20FN3O2/c1-9-5-12(10(15(18)21)6-11(9)17)19-8-14-20-7-13(22-14)16(2,3)4/h5-7,19H,8H2,1-4H3,(H2,18,21). The van der Waals surface area contributed by atoms with Crippen molar-refractivity contribution in [2.75, 3.05) is 5.32 Å². The van der Waals surface area contributed by atoms with Gasteiger partial charge in [0.25, 0.3) is 5.91 Å². The van der Waals surface area contributed by atoms with E-state index in [1.807, 2.05) is 20.8 Å². The predicted molar refractivity (Wildman–Crippen MR) is 82.2 cm³/mol. The van der Waals surface area contributed by atoms with Crippen molar-refractivity contribution in [1.82, 2.24) is 4.98 Å². The average molecular weight is 305 g/mol. The molecule has 3 N–H and O–H groups in total. The van der Waals surface area contributed by atoms with Crippen molar-refractivity contribution in [1.29, 1.82) is 0 Å². The summed E-state index contributed by atoms with van der Waals surface area (Å²) in [6.07, 6.45) is 1.68. The molecule has 6 heteroatoms. The fourth-order valence-electron chi connectivity index (χ4n) is 1.94. The molecule has 1 aromatic carbocycles. The zero-order valence-electron chi connectivity index (χ0n) is 13.2. The van der Waals surface area contributed by atoms with Gasteiger partial charge >= 0.3 is 0 Å².